The van der Waals surface area contributed by atoms with Gasteiger partial charge in [-0.25, -0.2) is 4.98 Å². The average molecular weight is 193 g/mol. The van der Waals surface area contributed by atoms with Gasteiger partial charge in [0.05, 0.1) is 18.2 Å². The maximum Gasteiger partial charge on any atom is 0.0950 e. The molecule has 0 aliphatic carbocycles. The minimum absolute atomic E-state index is 0.403. The summed E-state index contributed by atoms with van der Waals surface area (Å²) in [5, 5.41) is 3.16. The number of aromatic nitrogens is 2. The molecule has 78 valence electrons. The molecule has 1 atom stereocenters. The highest BCUT2D eigenvalue weighted by atomic mass is 15.0. The number of nitrogens with zero attached hydrogens (tertiary/aromatic N) is 2. The van der Waals surface area contributed by atoms with Crippen molar-refractivity contribution in [1.82, 2.24) is 14.9 Å². The van der Waals surface area contributed by atoms with Crippen LogP contribution in [-0.4, -0.2) is 22.6 Å². The Balaban J connectivity index is 2.65. The van der Waals surface area contributed by atoms with Crippen molar-refractivity contribution < 1.29 is 0 Å². The molecule has 0 radical (unpaired) electrons. The van der Waals surface area contributed by atoms with Crippen molar-refractivity contribution in [3.8, 4) is 0 Å². The molecule has 14 heavy (non-hydrogen) atoms. The van der Waals surface area contributed by atoms with Gasteiger partial charge in [-0.2, -0.15) is 0 Å². The Morgan fingerprint density at radius 2 is 2.43 bits per heavy atom. The van der Waals surface area contributed by atoms with Crippen molar-refractivity contribution in [3.05, 3.63) is 24.3 Å². The van der Waals surface area contributed by atoms with Crippen LogP contribution in [0, 0.1) is 0 Å². The molecule has 0 bridgehead atoms. The van der Waals surface area contributed by atoms with Crippen LogP contribution < -0.4 is 5.32 Å². The predicted molar refractivity (Wildman–Crippen MR) is 60.1 cm³/mol. The maximum atomic E-state index is 4.14. The lowest BCUT2D eigenvalue weighted by atomic mass is 10.3. The maximum absolute atomic E-state index is 4.14. The van der Waals surface area contributed by atoms with Crippen LogP contribution in [-0.2, 0) is 6.54 Å². The number of hydrogen-bond donors (Lipinski definition) is 1. The fourth-order valence-corrected chi connectivity index (χ4v) is 1.24. The zero-order chi connectivity index (χ0) is 10.4. The first-order valence-corrected chi connectivity index (χ1v) is 5.13. The lowest BCUT2D eigenvalue weighted by Gasteiger charge is -2.04. The zero-order valence-electron chi connectivity index (χ0n) is 9.20. The molecule has 0 saturated carbocycles. The zero-order valence-corrected chi connectivity index (χ0v) is 9.20. The molecule has 1 heterocycles. The van der Waals surface area contributed by atoms with E-state index in [0.29, 0.717) is 6.04 Å². The molecule has 0 amide bonds. The van der Waals surface area contributed by atoms with Crippen molar-refractivity contribution in [1.29, 1.82) is 0 Å². The summed E-state index contributed by atoms with van der Waals surface area (Å²) in [4.78, 5) is 4.14. The first kappa shape index (κ1) is 11.0. The fourth-order valence-electron chi connectivity index (χ4n) is 1.24. The topological polar surface area (TPSA) is 29.9 Å². The number of likely N-dealkylation sites (N-methyl/N-ethyl adjacent to an activating group) is 1. The molecule has 1 N–H and O–H groups in total. The Morgan fingerprint density at radius 1 is 1.64 bits per heavy atom. The highest BCUT2D eigenvalue weighted by Gasteiger charge is 1.97. The van der Waals surface area contributed by atoms with Crippen LogP contribution in [0.2, 0.25) is 0 Å². The molecule has 3 heteroatoms. The third-order valence-corrected chi connectivity index (χ3v) is 2.22. The number of nitrogens with one attached hydrogen (secondary N) is 1. The largest absolute Gasteiger partial charge is 0.331 e. The third-order valence-electron chi connectivity index (χ3n) is 2.22. The molecular weight excluding hydrogens is 174 g/mol. The van der Waals surface area contributed by atoms with Gasteiger partial charge >= 0.3 is 0 Å². The van der Waals surface area contributed by atoms with Crippen LogP contribution in [0.5, 0.6) is 0 Å². The van der Waals surface area contributed by atoms with Crippen molar-refractivity contribution in [3.63, 3.8) is 0 Å². The molecular formula is C11H19N3. The lowest BCUT2D eigenvalue weighted by molar-refractivity contribution is 0.672. The van der Waals surface area contributed by atoms with Gasteiger partial charge in [0.15, 0.2) is 0 Å². The summed E-state index contributed by atoms with van der Waals surface area (Å²) in [7, 11) is 1.96. The summed E-state index contributed by atoms with van der Waals surface area (Å²) in [5.41, 5.74) is 1.17. The van der Waals surface area contributed by atoms with Gasteiger partial charge in [0, 0.05) is 12.6 Å². The van der Waals surface area contributed by atoms with E-state index in [9.17, 15) is 0 Å². The Hall–Kier alpha value is -1.09. The van der Waals surface area contributed by atoms with Gasteiger partial charge in [0.2, 0.25) is 0 Å². The highest BCUT2D eigenvalue weighted by Crippen LogP contribution is 2.03. The summed E-state index contributed by atoms with van der Waals surface area (Å²) < 4.78 is 2.17. The molecule has 0 aromatic carbocycles. The van der Waals surface area contributed by atoms with E-state index in [0.717, 1.165) is 13.0 Å². The van der Waals surface area contributed by atoms with Crippen LogP contribution in [0.4, 0.5) is 0 Å². The molecule has 0 saturated heterocycles. The van der Waals surface area contributed by atoms with Gasteiger partial charge < -0.3 is 9.88 Å². The van der Waals surface area contributed by atoms with Crippen LogP contribution in [0.15, 0.2) is 18.6 Å². The second-order valence-corrected chi connectivity index (χ2v) is 3.45. The minimum atomic E-state index is 0.403. The number of imidazole rings is 1. The van der Waals surface area contributed by atoms with Crippen LogP contribution in [0.3, 0.4) is 0 Å². The van der Waals surface area contributed by atoms with Gasteiger partial charge in [-0.1, -0.05) is 13.0 Å². The van der Waals surface area contributed by atoms with Crippen molar-refractivity contribution in [2.24, 2.45) is 0 Å². The van der Waals surface area contributed by atoms with E-state index in [2.05, 4.69) is 40.9 Å². The molecule has 1 rings (SSSR count). The van der Waals surface area contributed by atoms with Gasteiger partial charge in [-0.15, -0.1) is 0 Å². The summed E-state index contributed by atoms with van der Waals surface area (Å²) >= 11 is 0. The molecule has 1 aromatic heterocycles. The van der Waals surface area contributed by atoms with Crippen molar-refractivity contribution >= 4 is 6.08 Å². The second-order valence-electron chi connectivity index (χ2n) is 3.45. The fraction of sp³-hybridized carbons (Fsp3) is 0.545. The molecule has 0 aliphatic rings. The monoisotopic (exact) mass is 193 g/mol. The third kappa shape index (κ3) is 3.00. The summed E-state index contributed by atoms with van der Waals surface area (Å²) in [5.74, 6) is 0. The lowest BCUT2D eigenvalue weighted by Crippen LogP contribution is -2.17. The first-order chi connectivity index (χ1) is 6.77. The van der Waals surface area contributed by atoms with Gasteiger partial charge in [-0.05, 0) is 26.5 Å². The Labute approximate surface area is 85.8 Å². The molecule has 0 spiro atoms. The van der Waals surface area contributed by atoms with E-state index in [1.54, 1.807) is 0 Å². The Kier molecular flexibility index (Phi) is 4.40. The van der Waals surface area contributed by atoms with E-state index < -0.39 is 0 Å². The summed E-state index contributed by atoms with van der Waals surface area (Å²) in [6, 6.07) is 0.403. The summed E-state index contributed by atoms with van der Waals surface area (Å²) in [6.45, 7) is 5.33. The van der Waals surface area contributed by atoms with E-state index in [1.165, 1.54) is 5.69 Å². The second kappa shape index (κ2) is 5.60. The van der Waals surface area contributed by atoms with Crippen LogP contribution in [0.1, 0.15) is 26.0 Å². The van der Waals surface area contributed by atoms with E-state index in [-0.39, 0.29) is 0 Å². The highest BCUT2D eigenvalue weighted by molar-refractivity contribution is 5.44. The normalized spacial score (nSPS) is 13.6. The average Bonchev–Trinajstić information content (AvgIpc) is 2.62. The molecule has 0 fully saturated rings. The van der Waals surface area contributed by atoms with Gasteiger partial charge in [0.25, 0.3) is 0 Å². The van der Waals surface area contributed by atoms with Crippen LogP contribution in [0.25, 0.3) is 6.08 Å². The van der Waals surface area contributed by atoms with Crippen molar-refractivity contribution in [2.75, 3.05) is 7.05 Å². The first-order valence-electron chi connectivity index (χ1n) is 5.13. The Bertz CT molecular complexity index is 288. The smallest absolute Gasteiger partial charge is 0.0950 e. The SMILES string of the molecule is CCCn1cncc1/C=C/C(C)NC. The standard InChI is InChI=1S/C11H19N3/c1-4-7-14-9-13-8-11(14)6-5-10(2)12-3/h5-6,8-10,12H,4,7H2,1-3H3/b6-5+. The Morgan fingerprint density at radius 3 is 3.07 bits per heavy atom. The molecule has 3 nitrogen and oxygen atoms in total. The van der Waals surface area contributed by atoms with E-state index >= 15 is 0 Å². The number of aryl methyl sites for hydroxylation is 1. The number of rotatable bonds is 5. The molecule has 1 unspecified atom stereocenters. The summed E-state index contributed by atoms with van der Waals surface area (Å²) in [6.07, 6.45) is 9.17. The van der Waals surface area contributed by atoms with Gasteiger partial charge in [-0.3, -0.25) is 0 Å². The minimum Gasteiger partial charge on any atom is -0.331 e. The quantitative estimate of drug-likeness (QED) is 0.774. The van der Waals surface area contributed by atoms with E-state index in [4.69, 9.17) is 0 Å². The van der Waals surface area contributed by atoms with Crippen LogP contribution >= 0.6 is 0 Å². The number of hydrogen-bond acceptors (Lipinski definition) is 2. The molecule has 0 aliphatic heterocycles. The van der Waals surface area contributed by atoms with Gasteiger partial charge in [0.1, 0.15) is 0 Å². The predicted octanol–water partition coefficient (Wildman–Crippen LogP) is 1.91. The van der Waals surface area contributed by atoms with E-state index in [1.807, 2.05) is 19.6 Å². The van der Waals surface area contributed by atoms with Crippen molar-refractivity contribution in [2.45, 2.75) is 32.9 Å². The molecule has 1 aromatic rings.